The monoisotopic (exact) mass is 303 g/mol. The summed E-state index contributed by atoms with van der Waals surface area (Å²) >= 11 is 0. The molecular weight excluding hydrogens is 290 g/mol. The van der Waals surface area contributed by atoms with Gasteiger partial charge in [-0.25, -0.2) is 9.59 Å². The zero-order chi connectivity index (χ0) is 16.1. The summed E-state index contributed by atoms with van der Waals surface area (Å²) in [5.41, 5.74) is 0.329. The van der Waals surface area contributed by atoms with Gasteiger partial charge in [-0.15, -0.1) is 10.2 Å². The van der Waals surface area contributed by atoms with E-state index in [2.05, 4.69) is 25.0 Å². The number of methoxy groups -OCH3 is 2. The summed E-state index contributed by atoms with van der Waals surface area (Å²) in [5, 5.41) is 20.3. The van der Waals surface area contributed by atoms with Crippen LogP contribution in [0.5, 0.6) is 5.75 Å². The molecular formula is C14H13N3O5. The molecule has 22 heavy (non-hydrogen) atoms. The van der Waals surface area contributed by atoms with Crippen molar-refractivity contribution in [1.82, 2.24) is 10.2 Å². The Hall–Kier alpha value is -3.16. The van der Waals surface area contributed by atoms with Crippen LogP contribution in [0.3, 0.4) is 0 Å². The Morgan fingerprint density at radius 3 is 2.36 bits per heavy atom. The molecule has 2 rings (SSSR count). The van der Waals surface area contributed by atoms with Crippen molar-refractivity contribution in [2.75, 3.05) is 19.5 Å². The first-order valence-corrected chi connectivity index (χ1v) is 6.16. The van der Waals surface area contributed by atoms with Gasteiger partial charge in [0.25, 0.3) is 0 Å². The molecule has 1 aromatic heterocycles. The van der Waals surface area contributed by atoms with Crippen LogP contribution in [0.25, 0.3) is 0 Å². The van der Waals surface area contributed by atoms with Gasteiger partial charge in [-0.1, -0.05) is 6.07 Å². The highest BCUT2D eigenvalue weighted by Gasteiger charge is 2.15. The largest absolute Gasteiger partial charge is 0.505 e. The lowest BCUT2D eigenvalue weighted by Crippen LogP contribution is -2.07. The molecule has 2 aromatic rings. The number of aromatic nitrogens is 2. The average Bonchev–Trinajstić information content (AvgIpc) is 2.56. The van der Waals surface area contributed by atoms with Gasteiger partial charge in [0.05, 0.1) is 19.9 Å². The number of hydrogen-bond acceptors (Lipinski definition) is 8. The molecule has 2 N–H and O–H groups in total. The molecule has 1 heterocycles. The smallest absolute Gasteiger partial charge is 0.358 e. The molecule has 0 saturated heterocycles. The molecule has 0 aliphatic rings. The molecule has 0 amide bonds. The highest BCUT2D eigenvalue weighted by molar-refractivity contribution is 5.95. The fourth-order valence-corrected chi connectivity index (χ4v) is 1.67. The molecule has 8 nitrogen and oxygen atoms in total. The van der Waals surface area contributed by atoms with E-state index >= 15 is 0 Å². The molecule has 0 atom stereocenters. The number of benzene rings is 1. The van der Waals surface area contributed by atoms with Crippen molar-refractivity contribution in [3.63, 3.8) is 0 Å². The number of hydrogen-bond donors (Lipinski definition) is 2. The Balaban J connectivity index is 2.24. The second-order valence-corrected chi connectivity index (χ2v) is 4.11. The maximum Gasteiger partial charge on any atom is 0.358 e. The highest BCUT2D eigenvalue weighted by Crippen LogP contribution is 2.29. The van der Waals surface area contributed by atoms with Crippen LogP contribution < -0.4 is 5.32 Å². The Kier molecular flexibility index (Phi) is 4.52. The molecule has 0 bridgehead atoms. The summed E-state index contributed by atoms with van der Waals surface area (Å²) < 4.78 is 9.09. The first kappa shape index (κ1) is 15.2. The standard InChI is InChI=1S/C14H13N3O5/c1-21-13(19)8-4-3-5-9(12(8)18)15-11-7-6-10(16-17-11)14(20)22-2/h3-7,18H,1-2H3,(H,15,17). The van der Waals surface area contributed by atoms with Crippen molar-refractivity contribution in [3.8, 4) is 5.75 Å². The second kappa shape index (κ2) is 6.53. The van der Waals surface area contributed by atoms with Crippen molar-refractivity contribution in [3.05, 3.63) is 41.6 Å². The topological polar surface area (TPSA) is 111 Å². The Labute approximate surface area is 125 Å². The van der Waals surface area contributed by atoms with E-state index in [-0.39, 0.29) is 28.5 Å². The number of esters is 2. The van der Waals surface area contributed by atoms with Gasteiger partial charge < -0.3 is 19.9 Å². The van der Waals surface area contributed by atoms with Crippen LogP contribution in [0.4, 0.5) is 11.5 Å². The van der Waals surface area contributed by atoms with Crippen LogP contribution in [-0.2, 0) is 9.47 Å². The molecule has 0 spiro atoms. The zero-order valence-electron chi connectivity index (χ0n) is 11.9. The molecule has 0 saturated carbocycles. The predicted octanol–water partition coefficient (Wildman–Crippen LogP) is 1.50. The van der Waals surface area contributed by atoms with Crippen LogP contribution in [0.15, 0.2) is 30.3 Å². The lowest BCUT2D eigenvalue weighted by Gasteiger charge is -2.10. The highest BCUT2D eigenvalue weighted by atomic mass is 16.5. The fourth-order valence-electron chi connectivity index (χ4n) is 1.67. The van der Waals surface area contributed by atoms with Crippen LogP contribution in [0.2, 0.25) is 0 Å². The van der Waals surface area contributed by atoms with E-state index in [1.54, 1.807) is 12.1 Å². The quantitative estimate of drug-likeness (QED) is 0.645. The summed E-state index contributed by atoms with van der Waals surface area (Å²) in [6, 6.07) is 7.46. The van der Waals surface area contributed by atoms with Crippen molar-refractivity contribution in [1.29, 1.82) is 0 Å². The number of para-hydroxylation sites is 1. The number of anilines is 2. The van der Waals surface area contributed by atoms with Gasteiger partial charge in [0.1, 0.15) is 5.56 Å². The second-order valence-electron chi connectivity index (χ2n) is 4.11. The van der Waals surface area contributed by atoms with E-state index in [0.29, 0.717) is 0 Å². The summed E-state index contributed by atoms with van der Waals surface area (Å²) in [6.45, 7) is 0. The summed E-state index contributed by atoms with van der Waals surface area (Å²) in [6.07, 6.45) is 0. The van der Waals surface area contributed by atoms with Crippen LogP contribution in [0, 0.1) is 0 Å². The molecule has 0 aliphatic heterocycles. The van der Waals surface area contributed by atoms with Crippen molar-refractivity contribution in [2.45, 2.75) is 0 Å². The van der Waals surface area contributed by atoms with Crippen LogP contribution in [-0.4, -0.2) is 41.5 Å². The first-order valence-electron chi connectivity index (χ1n) is 6.16. The van der Waals surface area contributed by atoms with Gasteiger partial charge >= 0.3 is 11.9 Å². The van der Waals surface area contributed by atoms with E-state index in [0.717, 1.165) is 0 Å². The molecule has 114 valence electrons. The number of phenols is 1. The fraction of sp³-hybridized carbons (Fsp3) is 0.143. The van der Waals surface area contributed by atoms with Gasteiger partial charge in [-0.2, -0.15) is 0 Å². The number of carbonyl (C=O) groups excluding carboxylic acids is 2. The van der Waals surface area contributed by atoms with E-state index in [1.807, 2.05) is 0 Å². The minimum Gasteiger partial charge on any atom is -0.505 e. The van der Waals surface area contributed by atoms with E-state index in [1.165, 1.54) is 32.4 Å². The van der Waals surface area contributed by atoms with Gasteiger partial charge in [0.15, 0.2) is 17.3 Å². The van der Waals surface area contributed by atoms with Crippen molar-refractivity contribution in [2.24, 2.45) is 0 Å². The maximum atomic E-state index is 11.5. The molecule has 0 radical (unpaired) electrons. The van der Waals surface area contributed by atoms with E-state index < -0.39 is 11.9 Å². The number of carbonyl (C=O) groups is 2. The van der Waals surface area contributed by atoms with Crippen LogP contribution >= 0.6 is 0 Å². The van der Waals surface area contributed by atoms with Crippen molar-refractivity contribution >= 4 is 23.4 Å². The number of aromatic hydroxyl groups is 1. The minimum atomic E-state index is -0.659. The van der Waals surface area contributed by atoms with Crippen LogP contribution in [0.1, 0.15) is 20.8 Å². The summed E-state index contributed by atoms with van der Waals surface area (Å²) in [7, 11) is 2.46. The third kappa shape index (κ3) is 3.11. The Morgan fingerprint density at radius 1 is 1.05 bits per heavy atom. The SMILES string of the molecule is COC(=O)c1ccc(Nc2cccc(C(=O)OC)c2O)nn1. The Morgan fingerprint density at radius 2 is 1.77 bits per heavy atom. The normalized spacial score (nSPS) is 9.91. The van der Waals surface area contributed by atoms with Gasteiger partial charge in [0, 0.05) is 0 Å². The van der Waals surface area contributed by atoms with E-state index in [9.17, 15) is 14.7 Å². The number of rotatable bonds is 4. The molecule has 1 aromatic carbocycles. The first-order chi connectivity index (χ1) is 10.6. The third-order valence-corrected chi connectivity index (χ3v) is 2.76. The molecule has 0 unspecified atom stereocenters. The predicted molar refractivity (Wildman–Crippen MR) is 76.1 cm³/mol. The molecule has 8 heteroatoms. The number of nitrogens with one attached hydrogen (secondary N) is 1. The summed E-state index contributed by atoms with van der Waals surface area (Å²) in [5.74, 6) is -1.25. The zero-order valence-corrected chi connectivity index (χ0v) is 11.9. The average molecular weight is 303 g/mol. The van der Waals surface area contributed by atoms with Gasteiger partial charge in [-0.3, -0.25) is 0 Å². The molecule has 0 fully saturated rings. The van der Waals surface area contributed by atoms with Gasteiger partial charge in [-0.05, 0) is 24.3 Å². The summed E-state index contributed by atoms with van der Waals surface area (Å²) in [4.78, 5) is 22.8. The van der Waals surface area contributed by atoms with Gasteiger partial charge in [0.2, 0.25) is 0 Å². The minimum absolute atomic E-state index is 0.0200. The number of ether oxygens (including phenoxy) is 2. The number of phenolic OH excluding ortho intramolecular Hbond substituents is 1. The third-order valence-electron chi connectivity index (χ3n) is 2.76. The molecule has 0 aliphatic carbocycles. The number of nitrogens with zero attached hydrogens (tertiary/aromatic N) is 2. The lowest BCUT2D eigenvalue weighted by molar-refractivity contribution is 0.0585. The van der Waals surface area contributed by atoms with Crippen molar-refractivity contribution < 1.29 is 24.2 Å². The lowest BCUT2D eigenvalue weighted by atomic mass is 10.1. The maximum absolute atomic E-state index is 11.5. The Bertz CT molecular complexity index is 700. The van der Waals surface area contributed by atoms with E-state index in [4.69, 9.17) is 0 Å².